The van der Waals surface area contributed by atoms with E-state index in [1.165, 1.54) is 19.3 Å². The number of nitrogens with one attached hydrogen (secondary N) is 2. The molecule has 130 valence electrons. The van der Waals surface area contributed by atoms with Crippen molar-refractivity contribution in [3.05, 3.63) is 29.1 Å². The first-order valence-corrected chi connectivity index (χ1v) is 8.87. The number of hydroxylamine groups is 1. The molecule has 0 spiro atoms. The van der Waals surface area contributed by atoms with Crippen molar-refractivity contribution in [1.29, 1.82) is 0 Å². The van der Waals surface area contributed by atoms with E-state index in [0.717, 1.165) is 37.2 Å². The molecule has 0 unspecified atom stereocenters. The summed E-state index contributed by atoms with van der Waals surface area (Å²) in [5, 5.41) is 12.3. The summed E-state index contributed by atoms with van der Waals surface area (Å²) < 4.78 is 0. The number of aromatic nitrogens is 1. The van der Waals surface area contributed by atoms with Crippen molar-refractivity contribution in [3.8, 4) is 0 Å². The molecule has 4 aliphatic rings. The number of hydrogen-bond acceptors (Lipinski definition) is 5. The van der Waals surface area contributed by atoms with Crippen LogP contribution in [0.4, 0.5) is 0 Å². The molecule has 1 atom stereocenters. The molecule has 1 aliphatic heterocycles. The maximum absolute atomic E-state index is 11.6. The SMILES string of the molecule is CC[C@H]1Cc2ncc(C(=O)NO)cc2CN1CC12CC(NC)(C1)C2. The van der Waals surface area contributed by atoms with Crippen LogP contribution in [-0.4, -0.2) is 46.2 Å². The van der Waals surface area contributed by atoms with E-state index < -0.39 is 5.91 Å². The third-order valence-corrected chi connectivity index (χ3v) is 6.42. The second-order valence-corrected chi connectivity index (χ2v) is 8.00. The Labute approximate surface area is 142 Å². The monoisotopic (exact) mass is 330 g/mol. The molecule has 24 heavy (non-hydrogen) atoms. The van der Waals surface area contributed by atoms with Crippen molar-refractivity contribution in [3.63, 3.8) is 0 Å². The summed E-state index contributed by atoms with van der Waals surface area (Å²) in [4.78, 5) is 18.7. The van der Waals surface area contributed by atoms with Gasteiger partial charge < -0.3 is 5.32 Å². The van der Waals surface area contributed by atoms with Gasteiger partial charge in [0.1, 0.15) is 0 Å². The van der Waals surface area contributed by atoms with Gasteiger partial charge in [0.25, 0.3) is 5.91 Å². The molecule has 6 nitrogen and oxygen atoms in total. The Bertz CT molecular complexity index is 655. The highest BCUT2D eigenvalue weighted by atomic mass is 16.5. The molecule has 0 saturated heterocycles. The topological polar surface area (TPSA) is 77.5 Å². The van der Waals surface area contributed by atoms with Gasteiger partial charge in [0.05, 0.1) is 5.56 Å². The summed E-state index contributed by atoms with van der Waals surface area (Å²) in [6.07, 6.45) is 7.50. The van der Waals surface area contributed by atoms with E-state index in [9.17, 15) is 4.79 Å². The fourth-order valence-corrected chi connectivity index (χ4v) is 5.20. The number of carbonyl (C=O) groups excluding carboxylic acids is 1. The predicted octanol–water partition coefficient (Wildman–Crippen LogP) is 1.48. The summed E-state index contributed by atoms with van der Waals surface area (Å²) in [6, 6.07) is 2.41. The molecule has 1 aromatic heterocycles. The first kappa shape index (κ1) is 16.0. The molecule has 2 heterocycles. The van der Waals surface area contributed by atoms with Gasteiger partial charge in [-0.3, -0.25) is 19.9 Å². The quantitative estimate of drug-likeness (QED) is 0.563. The van der Waals surface area contributed by atoms with Crippen LogP contribution in [0.15, 0.2) is 12.3 Å². The summed E-state index contributed by atoms with van der Waals surface area (Å²) in [5.74, 6) is -0.496. The van der Waals surface area contributed by atoms with Crippen molar-refractivity contribution in [1.82, 2.24) is 20.7 Å². The summed E-state index contributed by atoms with van der Waals surface area (Å²) in [5.41, 5.74) is 5.27. The molecule has 1 aromatic rings. The van der Waals surface area contributed by atoms with Gasteiger partial charge in [0.2, 0.25) is 0 Å². The van der Waals surface area contributed by atoms with Gasteiger partial charge in [0, 0.05) is 43.0 Å². The number of nitrogens with zero attached hydrogens (tertiary/aromatic N) is 2. The third kappa shape index (κ3) is 2.36. The Hall–Kier alpha value is -1.50. The first-order valence-electron chi connectivity index (χ1n) is 8.87. The van der Waals surface area contributed by atoms with Gasteiger partial charge in [-0.25, -0.2) is 5.48 Å². The minimum absolute atomic E-state index is 0.422. The van der Waals surface area contributed by atoms with Crippen LogP contribution in [0.3, 0.4) is 0 Å². The molecule has 2 bridgehead atoms. The standard InChI is InChI=1S/C18H26N4O2/c1-3-14-5-15-13(4-12(6-20-15)16(23)21-24)7-22(14)11-17-8-18(9-17,10-17)19-2/h4,6,14,19,24H,3,5,7-11H2,1-2H3,(H,21,23)/t14-,17?,18?/m0/s1. The first-order chi connectivity index (χ1) is 11.5. The second kappa shape index (κ2) is 5.51. The lowest BCUT2D eigenvalue weighted by molar-refractivity contribution is -0.169. The van der Waals surface area contributed by atoms with E-state index >= 15 is 0 Å². The lowest BCUT2D eigenvalue weighted by Gasteiger charge is -2.72. The minimum atomic E-state index is -0.496. The van der Waals surface area contributed by atoms with Crippen LogP contribution in [0.1, 0.15) is 54.2 Å². The third-order valence-electron chi connectivity index (χ3n) is 6.42. The predicted molar refractivity (Wildman–Crippen MR) is 89.8 cm³/mol. The van der Waals surface area contributed by atoms with Crippen LogP contribution in [0.2, 0.25) is 0 Å². The highest BCUT2D eigenvalue weighted by molar-refractivity contribution is 5.93. The minimum Gasteiger partial charge on any atom is -0.314 e. The lowest BCUT2D eigenvalue weighted by Crippen LogP contribution is -2.75. The Kier molecular flexibility index (Phi) is 3.67. The molecular weight excluding hydrogens is 304 g/mol. The van der Waals surface area contributed by atoms with E-state index in [2.05, 4.69) is 29.2 Å². The van der Waals surface area contributed by atoms with Crippen molar-refractivity contribution >= 4 is 5.91 Å². The summed E-state index contributed by atoms with van der Waals surface area (Å²) >= 11 is 0. The Balaban J connectivity index is 1.51. The van der Waals surface area contributed by atoms with Gasteiger partial charge >= 0.3 is 0 Å². The normalized spacial score (nSPS) is 34.0. The number of rotatable bonds is 5. The molecule has 0 aromatic carbocycles. The van der Waals surface area contributed by atoms with Gasteiger partial charge in [0.15, 0.2) is 0 Å². The van der Waals surface area contributed by atoms with E-state index in [1.807, 2.05) is 6.07 Å². The van der Waals surface area contributed by atoms with E-state index in [1.54, 1.807) is 11.7 Å². The molecule has 1 amide bonds. The van der Waals surface area contributed by atoms with Gasteiger partial charge in [-0.05, 0) is 49.8 Å². The van der Waals surface area contributed by atoms with E-state index in [0.29, 0.717) is 22.6 Å². The highest BCUT2D eigenvalue weighted by Gasteiger charge is 2.67. The average molecular weight is 330 g/mol. The van der Waals surface area contributed by atoms with E-state index in [4.69, 9.17) is 5.21 Å². The molecule has 0 radical (unpaired) electrons. The Morgan fingerprint density at radius 2 is 2.21 bits per heavy atom. The van der Waals surface area contributed by atoms with Crippen LogP contribution >= 0.6 is 0 Å². The lowest BCUT2D eigenvalue weighted by atomic mass is 9.39. The maximum atomic E-state index is 11.6. The largest absolute Gasteiger partial charge is 0.314 e. The van der Waals surface area contributed by atoms with Gasteiger partial charge in [-0.15, -0.1) is 0 Å². The zero-order chi connectivity index (χ0) is 16.9. The second-order valence-electron chi connectivity index (χ2n) is 8.00. The molecular formula is C18H26N4O2. The maximum Gasteiger partial charge on any atom is 0.276 e. The molecule has 3 saturated carbocycles. The van der Waals surface area contributed by atoms with Gasteiger partial charge in [-0.2, -0.15) is 0 Å². The summed E-state index contributed by atoms with van der Waals surface area (Å²) in [6.45, 7) is 4.24. The van der Waals surface area contributed by atoms with Crippen molar-refractivity contribution < 1.29 is 10.0 Å². The number of hydrogen-bond donors (Lipinski definition) is 3. The van der Waals surface area contributed by atoms with Crippen LogP contribution in [0.25, 0.3) is 0 Å². The highest BCUT2D eigenvalue weighted by Crippen LogP contribution is 2.67. The number of amides is 1. The summed E-state index contributed by atoms with van der Waals surface area (Å²) in [7, 11) is 2.08. The fourth-order valence-electron chi connectivity index (χ4n) is 5.20. The van der Waals surface area contributed by atoms with Crippen LogP contribution in [-0.2, 0) is 13.0 Å². The zero-order valence-electron chi connectivity index (χ0n) is 14.4. The molecule has 3 fully saturated rings. The van der Waals surface area contributed by atoms with E-state index in [-0.39, 0.29) is 0 Å². The van der Waals surface area contributed by atoms with Crippen LogP contribution in [0.5, 0.6) is 0 Å². The van der Waals surface area contributed by atoms with Crippen molar-refractivity contribution in [2.45, 2.75) is 57.2 Å². The Morgan fingerprint density at radius 1 is 1.46 bits per heavy atom. The molecule has 3 N–H and O–H groups in total. The van der Waals surface area contributed by atoms with Crippen molar-refractivity contribution in [2.24, 2.45) is 5.41 Å². The zero-order valence-corrected chi connectivity index (χ0v) is 14.4. The molecule has 6 heteroatoms. The molecule has 5 rings (SSSR count). The number of carbonyl (C=O) groups is 1. The van der Waals surface area contributed by atoms with Crippen LogP contribution in [0, 0.1) is 5.41 Å². The number of pyridine rings is 1. The number of fused-ring (bicyclic) bond motifs is 1. The smallest absolute Gasteiger partial charge is 0.276 e. The van der Waals surface area contributed by atoms with Crippen molar-refractivity contribution in [2.75, 3.05) is 13.6 Å². The molecule has 3 aliphatic carbocycles. The fraction of sp³-hybridized carbons (Fsp3) is 0.667. The Morgan fingerprint density at radius 3 is 2.83 bits per heavy atom. The van der Waals surface area contributed by atoms with Gasteiger partial charge in [-0.1, -0.05) is 6.92 Å². The van der Waals surface area contributed by atoms with Crippen LogP contribution < -0.4 is 10.8 Å². The average Bonchev–Trinajstić information content (AvgIpc) is 2.54.